The van der Waals surface area contributed by atoms with Crippen LogP contribution in [0.4, 0.5) is 5.82 Å². The van der Waals surface area contributed by atoms with E-state index in [1.165, 1.54) is 0 Å². The second kappa shape index (κ2) is 11.6. The maximum Gasteiger partial charge on any atom is 0.270 e. The Bertz CT molecular complexity index is 1350. The van der Waals surface area contributed by atoms with E-state index in [-0.39, 0.29) is 40.3 Å². The highest BCUT2D eigenvalue weighted by Gasteiger charge is 2.37. The molecule has 4 heterocycles. The summed E-state index contributed by atoms with van der Waals surface area (Å²) >= 11 is 12.6. The number of piperidine rings is 2. The van der Waals surface area contributed by atoms with Crippen molar-refractivity contribution in [1.29, 1.82) is 0 Å². The van der Waals surface area contributed by atoms with Crippen LogP contribution in [-0.4, -0.2) is 72.7 Å². The third-order valence-electron chi connectivity index (χ3n) is 7.99. The molecule has 10 nitrogen and oxygen atoms in total. The van der Waals surface area contributed by atoms with Crippen molar-refractivity contribution in [3.63, 3.8) is 0 Å². The minimum Gasteiger partial charge on any atom is -0.416 e. The molecule has 2 unspecified atom stereocenters. The van der Waals surface area contributed by atoms with Gasteiger partial charge in [0.05, 0.1) is 5.69 Å². The Kier molecular flexibility index (Phi) is 8.33. The predicted molar refractivity (Wildman–Crippen MR) is 153 cm³/mol. The highest BCUT2D eigenvalue weighted by atomic mass is 35.5. The van der Waals surface area contributed by atoms with Crippen LogP contribution in [0.15, 0.2) is 28.7 Å². The quantitative estimate of drug-likeness (QED) is 0.412. The number of carbonyl (C=O) groups excluding carboxylic acids is 1. The number of nitrogens with zero attached hydrogens (tertiary/aromatic N) is 6. The molecular weight excluding hydrogens is 553 g/mol. The van der Waals surface area contributed by atoms with Gasteiger partial charge in [-0.1, -0.05) is 30.1 Å². The zero-order valence-electron chi connectivity index (χ0n) is 23.0. The predicted octanol–water partition coefficient (Wildman–Crippen LogP) is 4.91. The topological polar surface area (TPSA) is 134 Å². The van der Waals surface area contributed by atoms with Crippen LogP contribution in [0, 0.1) is 0 Å². The molecule has 0 saturated carbocycles. The second-order valence-electron chi connectivity index (χ2n) is 11.2. The summed E-state index contributed by atoms with van der Waals surface area (Å²) in [4.78, 5) is 26.6. The number of aliphatic hydroxyl groups is 1. The van der Waals surface area contributed by atoms with Crippen LogP contribution in [0.3, 0.4) is 0 Å². The van der Waals surface area contributed by atoms with E-state index < -0.39 is 5.60 Å². The van der Waals surface area contributed by atoms with Gasteiger partial charge < -0.3 is 20.2 Å². The van der Waals surface area contributed by atoms with E-state index >= 15 is 0 Å². The fourth-order valence-corrected chi connectivity index (χ4v) is 6.21. The zero-order valence-corrected chi connectivity index (χ0v) is 24.5. The number of amides is 1. The van der Waals surface area contributed by atoms with Crippen LogP contribution in [0.2, 0.25) is 10.2 Å². The van der Waals surface area contributed by atoms with Crippen molar-refractivity contribution in [3.05, 3.63) is 51.6 Å². The molecule has 0 radical (unpaired) electrons. The average molecular weight is 589 g/mol. The lowest BCUT2D eigenvalue weighted by Gasteiger charge is -2.46. The number of carbonyl (C=O) groups is 1. The molecule has 5 rings (SSSR count). The molecule has 12 heteroatoms. The Hall–Kier alpha value is -2.79. The molecule has 2 fully saturated rings. The summed E-state index contributed by atoms with van der Waals surface area (Å²) < 4.78 is 5.57. The average Bonchev–Trinajstić information content (AvgIpc) is 3.45. The molecule has 1 aromatic carbocycles. The number of hydrogen-bond acceptors (Lipinski definition) is 9. The molecule has 0 spiro atoms. The van der Waals surface area contributed by atoms with Crippen LogP contribution in [0.25, 0.3) is 11.6 Å². The van der Waals surface area contributed by atoms with Gasteiger partial charge in [-0.05, 0) is 76.8 Å². The summed E-state index contributed by atoms with van der Waals surface area (Å²) in [5.74, 6) is 0.476. The van der Waals surface area contributed by atoms with E-state index in [1.54, 1.807) is 38.1 Å². The smallest absolute Gasteiger partial charge is 0.270 e. The third kappa shape index (κ3) is 5.95. The lowest BCUT2D eigenvalue weighted by Crippen LogP contribution is -2.52. The summed E-state index contributed by atoms with van der Waals surface area (Å²) in [6.45, 7) is 7.70. The number of nitrogens with two attached hydrogens (primary N) is 1. The van der Waals surface area contributed by atoms with Crippen LogP contribution < -0.4 is 5.73 Å². The summed E-state index contributed by atoms with van der Waals surface area (Å²) in [5.41, 5.74) is 6.56. The first-order valence-corrected chi connectivity index (χ1v) is 14.5. The first kappa shape index (κ1) is 28.7. The highest BCUT2D eigenvalue weighted by molar-refractivity contribution is 6.30. The molecule has 214 valence electrons. The molecule has 2 saturated heterocycles. The first-order valence-electron chi connectivity index (χ1n) is 13.7. The molecule has 2 aliphatic heterocycles. The van der Waals surface area contributed by atoms with Gasteiger partial charge in [0, 0.05) is 41.7 Å². The van der Waals surface area contributed by atoms with Crippen LogP contribution in [0.1, 0.15) is 80.7 Å². The summed E-state index contributed by atoms with van der Waals surface area (Å²) in [6, 6.07) is 7.89. The molecule has 0 aliphatic carbocycles. The molecule has 1 amide bonds. The first-order chi connectivity index (χ1) is 19.0. The lowest BCUT2D eigenvalue weighted by molar-refractivity contribution is 0.0367. The van der Waals surface area contributed by atoms with Gasteiger partial charge in [-0.3, -0.25) is 9.69 Å². The maximum absolute atomic E-state index is 12.9. The van der Waals surface area contributed by atoms with E-state index in [0.717, 1.165) is 51.7 Å². The van der Waals surface area contributed by atoms with Gasteiger partial charge in [-0.15, -0.1) is 10.2 Å². The van der Waals surface area contributed by atoms with Crippen molar-refractivity contribution < 1.29 is 14.3 Å². The molecule has 3 aromatic rings. The number of benzene rings is 1. The van der Waals surface area contributed by atoms with Gasteiger partial charge in [0.25, 0.3) is 11.8 Å². The SMILES string of the molecule is CCC1CC(c2nc(N)c(-c3nnc(C(C)(C)O)o3)nc2Cl)CCN1C1CCN(C(=O)c2ccc(Cl)cc2)CC1. The minimum absolute atomic E-state index is 0.0576. The normalized spacial score (nSPS) is 21.1. The number of rotatable bonds is 6. The third-order valence-corrected chi connectivity index (χ3v) is 8.52. The highest BCUT2D eigenvalue weighted by Crippen LogP contribution is 2.38. The van der Waals surface area contributed by atoms with Crippen molar-refractivity contribution in [2.45, 2.75) is 76.5 Å². The summed E-state index contributed by atoms with van der Waals surface area (Å²) in [5, 5.41) is 18.9. The zero-order chi connectivity index (χ0) is 28.6. The Morgan fingerprint density at radius 2 is 1.80 bits per heavy atom. The molecule has 3 N–H and O–H groups in total. The standard InChI is InChI=1S/C28H35Cl2N7O3/c1-4-19-15-17(21-23(30)32-22(24(31)33-21)25-34-35-27(40-25)28(2,3)39)9-14-37(19)20-10-12-36(13-11-20)26(38)16-5-7-18(29)8-6-16/h5-8,17,19-20,39H,4,9-15H2,1-3H3,(H2,31,33). The monoisotopic (exact) mass is 587 g/mol. The van der Waals surface area contributed by atoms with Crippen LogP contribution >= 0.6 is 23.2 Å². The summed E-state index contributed by atoms with van der Waals surface area (Å²) in [7, 11) is 0. The fourth-order valence-electron chi connectivity index (χ4n) is 5.80. The van der Waals surface area contributed by atoms with Crippen molar-refractivity contribution in [2.75, 3.05) is 25.4 Å². The van der Waals surface area contributed by atoms with E-state index in [9.17, 15) is 9.90 Å². The number of hydrogen-bond donors (Lipinski definition) is 2. The van der Waals surface area contributed by atoms with E-state index in [0.29, 0.717) is 28.4 Å². The number of anilines is 1. The van der Waals surface area contributed by atoms with Gasteiger partial charge in [0.15, 0.2) is 16.7 Å². The molecule has 2 aliphatic rings. The number of aromatic nitrogens is 4. The minimum atomic E-state index is -1.29. The molecule has 2 atom stereocenters. The van der Waals surface area contributed by atoms with Gasteiger partial charge in [0.1, 0.15) is 5.60 Å². The van der Waals surface area contributed by atoms with Crippen molar-refractivity contribution >= 4 is 34.9 Å². The molecular formula is C28H35Cl2N7O3. The fraction of sp³-hybridized carbons (Fsp3) is 0.536. The Morgan fingerprint density at radius 3 is 2.42 bits per heavy atom. The largest absolute Gasteiger partial charge is 0.416 e. The van der Waals surface area contributed by atoms with E-state index in [2.05, 4.69) is 32.0 Å². The van der Waals surface area contributed by atoms with Crippen LogP contribution in [0.5, 0.6) is 0 Å². The van der Waals surface area contributed by atoms with Gasteiger partial charge in [-0.2, -0.15) is 0 Å². The Morgan fingerprint density at radius 1 is 1.10 bits per heavy atom. The van der Waals surface area contributed by atoms with E-state index in [1.807, 2.05) is 4.90 Å². The van der Waals surface area contributed by atoms with E-state index in [4.69, 9.17) is 33.4 Å². The second-order valence-corrected chi connectivity index (χ2v) is 12.0. The van der Waals surface area contributed by atoms with Crippen molar-refractivity contribution in [1.82, 2.24) is 30.0 Å². The summed E-state index contributed by atoms with van der Waals surface area (Å²) in [6.07, 6.45) is 4.67. The van der Waals surface area contributed by atoms with Gasteiger partial charge >= 0.3 is 0 Å². The number of likely N-dealkylation sites (tertiary alicyclic amines) is 2. The molecule has 40 heavy (non-hydrogen) atoms. The van der Waals surface area contributed by atoms with Crippen LogP contribution in [-0.2, 0) is 5.60 Å². The molecule has 0 bridgehead atoms. The number of nitrogen functional groups attached to an aromatic ring is 1. The van der Waals surface area contributed by atoms with Gasteiger partial charge in [0.2, 0.25) is 5.89 Å². The number of halogens is 2. The lowest BCUT2D eigenvalue weighted by atomic mass is 9.85. The van der Waals surface area contributed by atoms with Crippen molar-refractivity contribution in [2.24, 2.45) is 0 Å². The van der Waals surface area contributed by atoms with Crippen molar-refractivity contribution in [3.8, 4) is 11.6 Å². The Labute approximate surface area is 243 Å². The maximum atomic E-state index is 12.9. The van der Waals surface area contributed by atoms with Gasteiger partial charge in [-0.25, -0.2) is 9.97 Å². The Balaban J connectivity index is 1.23. The molecule has 2 aromatic heterocycles.